The van der Waals surface area contributed by atoms with Crippen molar-refractivity contribution in [2.24, 2.45) is 0 Å². The summed E-state index contributed by atoms with van der Waals surface area (Å²) in [6, 6.07) is 15.6. The van der Waals surface area contributed by atoms with E-state index in [9.17, 15) is 14.0 Å². The zero-order chi connectivity index (χ0) is 17.5. The van der Waals surface area contributed by atoms with Crippen molar-refractivity contribution in [2.45, 2.75) is 26.4 Å². The first-order valence-corrected chi connectivity index (χ1v) is 7.81. The Balaban J connectivity index is 1.99. The minimum atomic E-state index is -0.362. The van der Waals surface area contributed by atoms with Crippen molar-refractivity contribution in [3.05, 3.63) is 71.5 Å². The first-order valence-electron chi connectivity index (χ1n) is 7.81. The SMILES string of the molecule is CC(=O)N(CC(=O)NCc1ccccc1F)C(C)c1ccccc1. The first kappa shape index (κ1) is 17.7. The Labute approximate surface area is 141 Å². The largest absolute Gasteiger partial charge is 0.350 e. The van der Waals surface area contributed by atoms with Gasteiger partial charge in [0.25, 0.3) is 0 Å². The number of nitrogens with one attached hydrogen (secondary N) is 1. The predicted molar refractivity (Wildman–Crippen MR) is 90.5 cm³/mol. The van der Waals surface area contributed by atoms with Crippen molar-refractivity contribution in [1.29, 1.82) is 0 Å². The van der Waals surface area contributed by atoms with E-state index in [0.717, 1.165) is 5.56 Å². The van der Waals surface area contributed by atoms with Gasteiger partial charge in [-0.2, -0.15) is 0 Å². The highest BCUT2D eigenvalue weighted by Crippen LogP contribution is 2.19. The van der Waals surface area contributed by atoms with E-state index < -0.39 is 0 Å². The van der Waals surface area contributed by atoms with E-state index in [2.05, 4.69) is 5.32 Å². The number of hydrogen-bond donors (Lipinski definition) is 1. The number of hydrogen-bond acceptors (Lipinski definition) is 2. The highest BCUT2D eigenvalue weighted by atomic mass is 19.1. The Morgan fingerprint density at radius 3 is 2.33 bits per heavy atom. The molecule has 126 valence electrons. The molecule has 0 aliphatic rings. The summed E-state index contributed by atoms with van der Waals surface area (Å²) < 4.78 is 13.6. The molecule has 0 saturated heterocycles. The zero-order valence-electron chi connectivity index (χ0n) is 13.8. The third-order valence-electron chi connectivity index (χ3n) is 3.90. The molecule has 1 unspecified atom stereocenters. The molecule has 4 nitrogen and oxygen atoms in total. The Hall–Kier alpha value is -2.69. The Morgan fingerprint density at radius 1 is 1.08 bits per heavy atom. The smallest absolute Gasteiger partial charge is 0.239 e. The maximum absolute atomic E-state index is 13.6. The van der Waals surface area contributed by atoms with Crippen molar-refractivity contribution in [1.82, 2.24) is 10.2 Å². The van der Waals surface area contributed by atoms with Crippen molar-refractivity contribution >= 4 is 11.8 Å². The van der Waals surface area contributed by atoms with Crippen LogP contribution in [0.15, 0.2) is 54.6 Å². The van der Waals surface area contributed by atoms with Gasteiger partial charge in [0.15, 0.2) is 0 Å². The summed E-state index contributed by atoms with van der Waals surface area (Å²) in [5.74, 6) is -0.873. The van der Waals surface area contributed by atoms with Gasteiger partial charge in [-0.1, -0.05) is 48.5 Å². The fourth-order valence-electron chi connectivity index (χ4n) is 2.48. The van der Waals surface area contributed by atoms with Crippen LogP contribution in [0.4, 0.5) is 4.39 Å². The average molecular weight is 328 g/mol. The molecule has 0 heterocycles. The molecule has 0 saturated carbocycles. The van der Waals surface area contributed by atoms with E-state index >= 15 is 0 Å². The van der Waals surface area contributed by atoms with E-state index in [4.69, 9.17) is 0 Å². The van der Waals surface area contributed by atoms with Gasteiger partial charge in [0, 0.05) is 19.0 Å². The predicted octanol–water partition coefficient (Wildman–Crippen LogP) is 3.05. The molecule has 0 aliphatic heterocycles. The molecule has 2 aromatic carbocycles. The first-order chi connectivity index (χ1) is 11.5. The molecule has 0 spiro atoms. The van der Waals surface area contributed by atoms with Crippen LogP contribution >= 0.6 is 0 Å². The van der Waals surface area contributed by atoms with E-state index in [1.807, 2.05) is 37.3 Å². The van der Waals surface area contributed by atoms with Crippen LogP contribution in [0.25, 0.3) is 0 Å². The molecule has 5 heteroatoms. The topological polar surface area (TPSA) is 49.4 Å². The van der Waals surface area contributed by atoms with E-state index in [0.29, 0.717) is 5.56 Å². The van der Waals surface area contributed by atoms with Crippen molar-refractivity contribution in [3.63, 3.8) is 0 Å². The zero-order valence-corrected chi connectivity index (χ0v) is 13.8. The second-order valence-corrected chi connectivity index (χ2v) is 5.60. The minimum absolute atomic E-state index is 0.0696. The van der Waals surface area contributed by atoms with Crippen molar-refractivity contribution in [3.8, 4) is 0 Å². The van der Waals surface area contributed by atoms with E-state index in [1.165, 1.54) is 17.9 Å². The van der Waals surface area contributed by atoms with Crippen LogP contribution in [0.5, 0.6) is 0 Å². The van der Waals surface area contributed by atoms with Crippen LogP contribution in [-0.2, 0) is 16.1 Å². The summed E-state index contributed by atoms with van der Waals surface area (Å²) in [6.45, 7) is 3.33. The third-order valence-corrected chi connectivity index (χ3v) is 3.90. The maximum Gasteiger partial charge on any atom is 0.239 e. The Kier molecular flexibility index (Phi) is 6.07. The monoisotopic (exact) mass is 328 g/mol. The highest BCUT2D eigenvalue weighted by Gasteiger charge is 2.21. The van der Waals surface area contributed by atoms with Crippen LogP contribution in [0.2, 0.25) is 0 Å². The van der Waals surface area contributed by atoms with Gasteiger partial charge in [0.2, 0.25) is 11.8 Å². The quantitative estimate of drug-likeness (QED) is 0.886. The van der Waals surface area contributed by atoms with Crippen molar-refractivity contribution in [2.75, 3.05) is 6.54 Å². The molecule has 0 aromatic heterocycles. The second-order valence-electron chi connectivity index (χ2n) is 5.60. The van der Waals surface area contributed by atoms with Gasteiger partial charge in [-0.25, -0.2) is 4.39 Å². The second kappa shape index (κ2) is 8.24. The van der Waals surface area contributed by atoms with Gasteiger partial charge in [0.1, 0.15) is 12.4 Å². The van der Waals surface area contributed by atoms with E-state index in [1.54, 1.807) is 18.2 Å². The van der Waals surface area contributed by atoms with Crippen LogP contribution in [0.3, 0.4) is 0 Å². The van der Waals surface area contributed by atoms with Gasteiger partial charge in [-0.05, 0) is 18.6 Å². The number of rotatable bonds is 6. The molecule has 0 radical (unpaired) electrons. The van der Waals surface area contributed by atoms with Crippen LogP contribution in [-0.4, -0.2) is 23.3 Å². The lowest BCUT2D eigenvalue weighted by Gasteiger charge is -2.28. The number of nitrogens with zero attached hydrogens (tertiary/aromatic N) is 1. The normalized spacial score (nSPS) is 11.6. The third kappa shape index (κ3) is 4.65. The molecule has 0 fully saturated rings. The minimum Gasteiger partial charge on any atom is -0.350 e. The molecule has 1 atom stereocenters. The number of amides is 2. The summed E-state index contributed by atoms with van der Waals surface area (Å²) in [4.78, 5) is 25.6. The Morgan fingerprint density at radius 2 is 1.71 bits per heavy atom. The Bertz CT molecular complexity index is 704. The number of benzene rings is 2. The molecule has 2 aromatic rings. The van der Waals surface area contributed by atoms with Gasteiger partial charge in [-0.15, -0.1) is 0 Å². The summed E-state index contributed by atoms with van der Waals surface area (Å²) in [5.41, 5.74) is 1.37. The van der Waals surface area contributed by atoms with Gasteiger partial charge < -0.3 is 10.2 Å². The van der Waals surface area contributed by atoms with Crippen LogP contribution < -0.4 is 5.32 Å². The van der Waals surface area contributed by atoms with Gasteiger partial charge >= 0.3 is 0 Å². The lowest BCUT2D eigenvalue weighted by molar-refractivity contribution is -0.136. The molecule has 0 bridgehead atoms. The fraction of sp³-hybridized carbons (Fsp3) is 0.263. The average Bonchev–Trinajstić information content (AvgIpc) is 2.59. The van der Waals surface area contributed by atoms with Crippen LogP contribution in [0, 0.1) is 5.82 Å². The summed E-state index contributed by atoms with van der Waals surface area (Å²) in [5, 5.41) is 2.66. The number of halogens is 1. The lowest BCUT2D eigenvalue weighted by atomic mass is 10.1. The molecule has 2 rings (SSSR count). The molecule has 2 amide bonds. The van der Waals surface area contributed by atoms with Crippen molar-refractivity contribution < 1.29 is 14.0 Å². The maximum atomic E-state index is 13.6. The summed E-state index contributed by atoms with van der Waals surface area (Å²) >= 11 is 0. The molecule has 1 N–H and O–H groups in total. The van der Waals surface area contributed by atoms with Gasteiger partial charge in [-0.3, -0.25) is 9.59 Å². The lowest BCUT2D eigenvalue weighted by Crippen LogP contribution is -2.40. The molecule has 24 heavy (non-hydrogen) atoms. The molecule has 0 aliphatic carbocycles. The standard InChI is InChI=1S/C19H21FN2O2/c1-14(16-8-4-3-5-9-16)22(15(2)23)13-19(24)21-12-17-10-6-7-11-18(17)20/h3-11,14H,12-13H2,1-2H3,(H,21,24). The number of carbonyl (C=O) groups excluding carboxylic acids is 2. The fourth-order valence-corrected chi connectivity index (χ4v) is 2.48. The van der Waals surface area contributed by atoms with Crippen LogP contribution in [0.1, 0.15) is 31.0 Å². The van der Waals surface area contributed by atoms with Gasteiger partial charge in [0.05, 0.1) is 6.04 Å². The van der Waals surface area contributed by atoms with E-state index in [-0.39, 0.29) is 36.8 Å². The molecular formula is C19H21FN2O2. The summed E-state index contributed by atoms with van der Waals surface area (Å²) in [7, 11) is 0. The highest BCUT2D eigenvalue weighted by molar-refractivity contribution is 5.84. The molecular weight excluding hydrogens is 307 g/mol. The summed E-state index contributed by atoms with van der Waals surface area (Å²) in [6.07, 6.45) is 0. The number of carbonyl (C=O) groups is 2.